The molecule has 2 aromatic carbocycles. The molecule has 2 fully saturated rings. The van der Waals surface area contributed by atoms with E-state index in [0.717, 1.165) is 37.4 Å². The lowest BCUT2D eigenvalue weighted by molar-refractivity contribution is -0.120. The number of rotatable bonds is 3. The second-order valence-corrected chi connectivity index (χ2v) is 9.96. The molecule has 2 aliphatic rings. The summed E-state index contributed by atoms with van der Waals surface area (Å²) in [6.07, 6.45) is 1.93. The number of hydrogen-bond acceptors (Lipinski definition) is 4. The summed E-state index contributed by atoms with van der Waals surface area (Å²) in [6.45, 7) is 13.8. The van der Waals surface area contributed by atoms with Gasteiger partial charge in [0.15, 0.2) is 5.76 Å². The summed E-state index contributed by atoms with van der Waals surface area (Å²) in [4.78, 5) is 19.9. The summed E-state index contributed by atoms with van der Waals surface area (Å²) in [7, 11) is 2.16. The van der Waals surface area contributed by atoms with E-state index >= 15 is 0 Å². The fraction of sp³-hybridized carbons (Fsp3) is 0.444. The molecule has 4 rings (SSSR count). The van der Waals surface area contributed by atoms with Gasteiger partial charge in [0.2, 0.25) is 0 Å². The molecule has 5 nitrogen and oxygen atoms in total. The lowest BCUT2D eigenvalue weighted by Gasteiger charge is -2.35. The third-order valence-electron chi connectivity index (χ3n) is 6.39. The first-order valence-corrected chi connectivity index (χ1v) is 11.5. The number of likely N-dealkylation sites (N-methyl/N-ethyl adjacent to an activating group) is 1. The van der Waals surface area contributed by atoms with Gasteiger partial charge in [-0.3, -0.25) is 4.79 Å². The zero-order chi connectivity index (χ0) is 22.9. The highest BCUT2D eigenvalue weighted by molar-refractivity contribution is 6.07. The molecule has 0 unspecified atom stereocenters. The van der Waals surface area contributed by atoms with Crippen molar-refractivity contribution in [2.75, 3.05) is 56.2 Å². The Morgan fingerprint density at radius 2 is 1.62 bits per heavy atom. The highest BCUT2D eigenvalue weighted by atomic mass is 16.5. The molecule has 5 heteroatoms. The molecular formula is C27H35N3O2. The van der Waals surface area contributed by atoms with Gasteiger partial charge in [-0.25, -0.2) is 0 Å². The summed E-state index contributed by atoms with van der Waals surface area (Å²) in [5.41, 5.74) is 5.65. The van der Waals surface area contributed by atoms with Crippen molar-refractivity contribution in [3.8, 4) is 0 Å². The first-order valence-electron chi connectivity index (χ1n) is 11.5. The molecule has 2 aromatic rings. The van der Waals surface area contributed by atoms with E-state index in [1.807, 2.05) is 23.1 Å². The molecule has 0 radical (unpaired) electrons. The average Bonchev–Trinajstić information content (AvgIpc) is 2.76. The Kier molecular flexibility index (Phi) is 6.29. The van der Waals surface area contributed by atoms with Crippen LogP contribution in [0.3, 0.4) is 0 Å². The van der Waals surface area contributed by atoms with Crippen molar-refractivity contribution in [3.63, 3.8) is 0 Å². The monoisotopic (exact) mass is 433 g/mol. The molecule has 0 N–H and O–H groups in total. The average molecular weight is 434 g/mol. The number of ether oxygens (including phenoxy) is 1. The van der Waals surface area contributed by atoms with Crippen molar-refractivity contribution in [1.29, 1.82) is 0 Å². The van der Waals surface area contributed by atoms with Crippen molar-refractivity contribution >= 4 is 23.4 Å². The van der Waals surface area contributed by atoms with Crippen LogP contribution in [0.1, 0.15) is 37.5 Å². The maximum absolute atomic E-state index is 13.3. The molecule has 2 heterocycles. The molecule has 170 valence electrons. The van der Waals surface area contributed by atoms with E-state index in [-0.39, 0.29) is 11.3 Å². The standard InChI is InChI=1S/C27H35N3O2/c1-20-6-11-24(29-14-12-28(5)13-15-29)21(18-20)19-25-26(31)30(16-17-32-25)23-9-7-22(8-10-23)27(2,3)4/h6-11,18-19H,12-17H2,1-5H3. The number of carbonyl (C=O) groups excluding carboxylic acids is 1. The highest BCUT2D eigenvalue weighted by Gasteiger charge is 2.27. The molecule has 0 spiro atoms. The molecule has 2 saturated heterocycles. The molecule has 32 heavy (non-hydrogen) atoms. The number of benzene rings is 2. The van der Waals surface area contributed by atoms with E-state index in [1.54, 1.807) is 0 Å². The minimum Gasteiger partial charge on any atom is -0.486 e. The van der Waals surface area contributed by atoms with E-state index in [4.69, 9.17) is 4.74 Å². The van der Waals surface area contributed by atoms with Gasteiger partial charge in [-0.15, -0.1) is 0 Å². The topological polar surface area (TPSA) is 36.0 Å². The van der Waals surface area contributed by atoms with Crippen molar-refractivity contribution in [3.05, 3.63) is 64.9 Å². The van der Waals surface area contributed by atoms with Crippen molar-refractivity contribution in [1.82, 2.24) is 4.90 Å². The molecule has 0 saturated carbocycles. The summed E-state index contributed by atoms with van der Waals surface area (Å²) < 4.78 is 5.87. The second kappa shape index (κ2) is 8.99. The van der Waals surface area contributed by atoms with Gasteiger partial charge in [0, 0.05) is 43.1 Å². The third kappa shape index (κ3) is 4.83. The van der Waals surface area contributed by atoms with Gasteiger partial charge in [-0.2, -0.15) is 0 Å². The molecule has 2 aliphatic heterocycles. The number of carbonyl (C=O) groups is 1. The smallest absolute Gasteiger partial charge is 0.293 e. The number of aryl methyl sites for hydroxylation is 1. The van der Waals surface area contributed by atoms with Crippen LogP contribution in [-0.4, -0.2) is 57.2 Å². The predicted octanol–water partition coefficient (Wildman–Crippen LogP) is 4.45. The number of anilines is 2. The van der Waals surface area contributed by atoms with Crippen LogP contribution < -0.4 is 9.80 Å². The van der Waals surface area contributed by atoms with Crippen LogP contribution >= 0.6 is 0 Å². The predicted molar refractivity (Wildman–Crippen MR) is 132 cm³/mol. The second-order valence-electron chi connectivity index (χ2n) is 9.96. The maximum Gasteiger partial charge on any atom is 0.293 e. The number of nitrogens with zero attached hydrogens (tertiary/aromatic N) is 3. The van der Waals surface area contributed by atoms with Crippen LogP contribution in [0.2, 0.25) is 0 Å². The third-order valence-corrected chi connectivity index (χ3v) is 6.39. The van der Waals surface area contributed by atoms with Crippen LogP contribution in [0.4, 0.5) is 11.4 Å². The highest BCUT2D eigenvalue weighted by Crippen LogP contribution is 2.29. The van der Waals surface area contributed by atoms with Crippen molar-refractivity contribution in [2.45, 2.75) is 33.1 Å². The lowest BCUT2D eigenvalue weighted by atomic mass is 9.87. The Labute approximate surface area is 192 Å². The van der Waals surface area contributed by atoms with Crippen LogP contribution in [0, 0.1) is 6.92 Å². The zero-order valence-corrected chi connectivity index (χ0v) is 20.0. The number of morpholine rings is 1. The Hall–Kier alpha value is -2.79. The van der Waals surface area contributed by atoms with Crippen LogP contribution in [-0.2, 0) is 14.9 Å². The normalized spacial score (nSPS) is 19.4. The Bertz CT molecular complexity index is 997. The van der Waals surface area contributed by atoms with E-state index in [1.165, 1.54) is 16.8 Å². The molecule has 0 atom stereocenters. The van der Waals surface area contributed by atoms with Gasteiger partial charge >= 0.3 is 0 Å². The molecule has 0 aromatic heterocycles. The number of amides is 1. The van der Waals surface area contributed by atoms with Gasteiger partial charge < -0.3 is 19.4 Å². The molecule has 0 bridgehead atoms. The summed E-state index contributed by atoms with van der Waals surface area (Å²) >= 11 is 0. The fourth-order valence-corrected chi connectivity index (χ4v) is 4.30. The quantitative estimate of drug-likeness (QED) is 0.670. The summed E-state index contributed by atoms with van der Waals surface area (Å²) in [5, 5.41) is 0. The molecule has 1 amide bonds. The first kappa shape index (κ1) is 22.4. The summed E-state index contributed by atoms with van der Waals surface area (Å²) in [5.74, 6) is 0.336. The minimum atomic E-state index is -0.0782. The van der Waals surface area contributed by atoms with Crippen LogP contribution in [0.5, 0.6) is 0 Å². The Morgan fingerprint density at radius 3 is 2.28 bits per heavy atom. The molecule has 0 aliphatic carbocycles. The number of hydrogen-bond donors (Lipinski definition) is 0. The minimum absolute atomic E-state index is 0.0782. The van der Waals surface area contributed by atoms with Gasteiger partial charge in [0.25, 0.3) is 5.91 Å². The maximum atomic E-state index is 13.3. The number of piperazine rings is 1. The van der Waals surface area contributed by atoms with Gasteiger partial charge in [-0.05, 0) is 55.3 Å². The van der Waals surface area contributed by atoms with E-state index in [2.05, 4.69) is 74.9 Å². The van der Waals surface area contributed by atoms with Gasteiger partial charge in [-0.1, -0.05) is 44.5 Å². The van der Waals surface area contributed by atoms with E-state index in [0.29, 0.717) is 18.9 Å². The summed E-state index contributed by atoms with van der Waals surface area (Å²) in [6, 6.07) is 14.8. The van der Waals surface area contributed by atoms with Gasteiger partial charge in [0.1, 0.15) is 6.61 Å². The van der Waals surface area contributed by atoms with Crippen molar-refractivity contribution in [2.24, 2.45) is 0 Å². The Morgan fingerprint density at radius 1 is 0.938 bits per heavy atom. The lowest BCUT2D eigenvalue weighted by Crippen LogP contribution is -2.44. The zero-order valence-electron chi connectivity index (χ0n) is 20.0. The van der Waals surface area contributed by atoms with Crippen LogP contribution in [0.15, 0.2) is 48.2 Å². The van der Waals surface area contributed by atoms with Gasteiger partial charge in [0.05, 0.1) is 6.54 Å². The SMILES string of the molecule is Cc1ccc(N2CCN(C)CC2)c(C=C2OCCN(c3ccc(C(C)(C)C)cc3)C2=O)c1. The largest absolute Gasteiger partial charge is 0.486 e. The first-order chi connectivity index (χ1) is 15.2. The Balaban J connectivity index is 1.61. The van der Waals surface area contributed by atoms with E-state index in [9.17, 15) is 4.79 Å². The van der Waals surface area contributed by atoms with Crippen molar-refractivity contribution < 1.29 is 9.53 Å². The fourth-order valence-electron chi connectivity index (χ4n) is 4.30. The van der Waals surface area contributed by atoms with Crippen LogP contribution in [0.25, 0.3) is 6.08 Å². The molecular weight excluding hydrogens is 398 g/mol. The van der Waals surface area contributed by atoms with E-state index < -0.39 is 0 Å².